The zero-order valence-electron chi connectivity index (χ0n) is 14.7. The SMILES string of the molecule is O=C(CCCS(=O)(=O)c1ccc(Cl)cc1)Nc1nnc(-c2ccc(Cl)cc2Cl)o1. The number of sulfone groups is 1. The van der Waals surface area contributed by atoms with E-state index >= 15 is 0 Å². The third-order valence-corrected chi connectivity index (χ3v) is 6.44. The number of anilines is 1. The second kappa shape index (κ2) is 9.13. The number of nitrogens with one attached hydrogen (secondary N) is 1. The molecule has 1 heterocycles. The summed E-state index contributed by atoms with van der Waals surface area (Å²) < 4.78 is 29.9. The van der Waals surface area contributed by atoms with Gasteiger partial charge >= 0.3 is 6.01 Å². The van der Waals surface area contributed by atoms with Crippen molar-refractivity contribution < 1.29 is 17.6 Å². The Labute approximate surface area is 181 Å². The van der Waals surface area contributed by atoms with Crippen LogP contribution >= 0.6 is 34.8 Å². The number of nitrogens with zero attached hydrogens (tertiary/aromatic N) is 2. The van der Waals surface area contributed by atoms with Crippen molar-refractivity contribution in [2.45, 2.75) is 17.7 Å². The minimum absolute atomic E-state index is 0.0355. The van der Waals surface area contributed by atoms with E-state index in [4.69, 9.17) is 39.2 Å². The lowest BCUT2D eigenvalue weighted by Gasteiger charge is -2.04. The number of carbonyl (C=O) groups is 1. The molecule has 0 atom stereocenters. The number of aromatic nitrogens is 2. The van der Waals surface area contributed by atoms with Gasteiger partial charge in [-0.15, -0.1) is 5.10 Å². The average molecular weight is 475 g/mol. The van der Waals surface area contributed by atoms with Crippen LogP contribution in [0.4, 0.5) is 6.01 Å². The van der Waals surface area contributed by atoms with Crippen molar-refractivity contribution in [1.29, 1.82) is 0 Å². The van der Waals surface area contributed by atoms with Gasteiger partial charge in [0, 0.05) is 16.5 Å². The first-order valence-electron chi connectivity index (χ1n) is 8.32. The zero-order valence-corrected chi connectivity index (χ0v) is 17.8. The fourth-order valence-corrected chi connectivity index (χ4v) is 4.34. The number of carbonyl (C=O) groups excluding carboxylic acids is 1. The number of amides is 1. The highest BCUT2D eigenvalue weighted by atomic mass is 35.5. The maximum atomic E-state index is 12.3. The van der Waals surface area contributed by atoms with Gasteiger partial charge in [0.1, 0.15) is 0 Å². The molecule has 29 heavy (non-hydrogen) atoms. The molecule has 0 saturated carbocycles. The lowest BCUT2D eigenvalue weighted by Crippen LogP contribution is -2.14. The van der Waals surface area contributed by atoms with Crippen LogP contribution in [0.1, 0.15) is 12.8 Å². The van der Waals surface area contributed by atoms with Crippen LogP contribution in [0.2, 0.25) is 15.1 Å². The second-order valence-electron chi connectivity index (χ2n) is 5.96. The van der Waals surface area contributed by atoms with Crippen molar-refractivity contribution in [2.24, 2.45) is 0 Å². The van der Waals surface area contributed by atoms with Gasteiger partial charge in [-0.05, 0) is 48.9 Å². The van der Waals surface area contributed by atoms with Crippen LogP contribution in [0.5, 0.6) is 0 Å². The number of rotatable bonds is 7. The standard InChI is InChI=1S/C18H14Cl3N3O4S/c19-11-3-6-13(7-4-11)29(26,27)9-1-2-16(25)22-18-24-23-17(28-18)14-8-5-12(20)10-15(14)21/h3-8,10H,1-2,9H2,(H,22,24,25). The summed E-state index contributed by atoms with van der Waals surface area (Å²) in [6, 6.07) is 10.5. The highest BCUT2D eigenvalue weighted by Crippen LogP contribution is 2.30. The lowest BCUT2D eigenvalue weighted by atomic mass is 10.2. The first-order valence-corrected chi connectivity index (χ1v) is 11.1. The normalized spacial score (nSPS) is 11.4. The van der Waals surface area contributed by atoms with Crippen molar-refractivity contribution in [2.75, 3.05) is 11.1 Å². The molecule has 3 aromatic rings. The first kappa shape index (κ1) is 21.6. The Kier molecular flexibility index (Phi) is 6.79. The molecular formula is C18H14Cl3N3O4S. The molecule has 3 rings (SSSR count). The molecule has 7 nitrogen and oxygen atoms in total. The van der Waals surface area contributed by atoms with Gasteiger partial charge in [0.15, 0.2) is 9.84 Å². The first-order chi connectivity index (χ1) is 13.7. The molecule has 1 amide bonds. The van der Waals surface area contributed by atoms with E-state index < -0.39 is 15.7 Å². The maximum absolute atomic E-state index is 12.3. The maximum Gasteiger partial charge on any atom is 0.322 e. The van der Waals surface area contributed by atoms with Crippen molar-refractivity contribution >= 4 is 56.6 Å². The third-order valence-electron chi connectivity index (χ3n) is 3.82. The number of hydrogen-bond donors (Lipinski definition) is 1. The van der Waals surface area contributed by atoms with E-state index in [1.54, 1.807) is 12.1 Å². The van der Waals surface area contributed by atoms with E-state index in [0.717, 1.165) is 0 Å². The number of hydrogen-bond acceptors (Lipinski definition) is 6. The Bertz CT molecular complexity index is 1130. The minimum Gasteiger partial charge on any atom is -0.403 e. The fraction of sp³-hybridized carbons (Fsp3) is 0.167. The molecule has 152 valence electrons. The second-order valence-corrected chi connectivity index (χ2v) is 9.35. The summed E-state index contributed by atoms with van der Waals surface area (Å²) in [6.45, 7) is 0. The van der Waals surface area contributed by atoms with Gasteiger partial charge < -0.3 is 4.42 Å². The van der Waals surface area contributed by atoms with Crippen molar-refractivity contribution in [3.8, 4) is 11.5 Å². The van der Waals surface area contributed by atoms with Gasteiger partial charge in [0.25, 0.3) is 5.89 Å². The molecule has 0 unspecified atom stereocenters. The van der Waals surface area contributed by atoms with Crippen molar-refractivity contribution in [3.63, 3.8) is 0 Å². The quantitative estimate of drug-likeness (QED) is 0.523. The van der Waals surface area contributed by atoms with E-state index in [0.29, 0.717) is 20.6 Å². The van der Waals surface area contributed by atoms with Crippen molar-refractivity contribution in [1.82, 2.24) is 10.2 Å². The number of halogens is 3. The fourth-order valence-electron chi connectivity index (χ4n) is 2.41. The van der Waals surface area contributed by atoms with E-state index in [1.807, 2.05) is 0 Å². The van der Waals surface area contributed by atoms with Gasteiger partial charge in [-0.2, -0.15) is 0 Å². The Morgan fingerprint density at radius 3 is 2.38 bits per heavy atom. The topological polar surface area (TPSA) is 102 Å². The average Bonchev–Trinajstić information content (AvgIpc) is 3.10. The molecule has 0 bridgehead atoms. The third kappa shape index (κ3) is 5.70. The summed E-state index contributed by atoms with van der Waals surface area (Å²) in [7, 11) is -3.50. The van der Waals surface area contributed by atoms with Gasteiger partial charge in [-0.25, -0.2) is 8.42 Å². The smallest absolute Gasteiger partial charge is 0.322 e. The predicted octanol–water partition coefficient (Wildman–Crippen LogP) is 4.89. The van der Waals surface area contributed by atoms with Crippen LogP contribution < -0.4 is 5.32 Å². The lowest BCUT2D eigenvalue weighted by molar-refractivity contribution is -0.116. The van der Waals surface area contributed by atoms with Crippen LogP contribution in [0.3, 0.4) is 0 Å². The van der Waals surface area contributed by atoms with Gasteiger partial charge in [-0.1, -0.05) is 39.9 Å². The van der Waals surface area contributed by atoms with Gasteiger partial charge in [0.05, 0.1) is 21.2 Å². The summed E-state index contributed by atoms with van der Waals surface area (Å²) in [5.74, 6) is -0.515. The molecule has 11 heteroatoms. The molecule has 0 radical (unpaired) electrons. The molecular weight excluding hydrogens is 461 g/mol. The van der Waals surface area contributed by atoms with Crippen LogP contribution in [0, 0.1) is 0 Å². The summed E-state index contributed by atoms with van der Waals surface area (Å²) >= 11 is 17.7. The van der Waals surface area contributed by atoms with Crippen LogP contribution in [-0.4, -0.2) is 30.3 Å². The largest absolute Gasteiger partial charge is 0.403 e. The van der Waals surface area contributed by atoms with Gasteiger partial charge in [0.2, 0.25) is 5.91 Å². The Balaban J connectivity index is 1.55. The molecule has 0 aliphatic rings. The molecule has 2 aromatic carbocycles. The number of benzene rings is 2. The van der Waals surface area contributed by atoms with E-state index in [-0.39, 0.29) is 35.4 Å². The predicted molar refractivity (Wildman–Crippen MR) is 111 cm³/mol. The molecule has 0 saturated heterocycles. The van der Waals surface area contributed by atoms with E-state index in [2.05, 4.69) is 15.5 Å². The monoisotopic (exact) mass is 473 g/mol. The Morgan fingerprint density at radius 2 is 1.69 bits per heavy atom. The van der Waals surface area contributed by atoms with Crippen LogP contribution in [-0.2, 0) is 14.6 Å². The molecule has 0 aliphatic heterocycles. The summed E-state index contributed by atoms with van der Waals surface area (Å²) in [5.41, 5.74) is 0.470. The zero-order chi connectivity index (χ0) is 21.0. The highest BCUT2D eigenvalue weighted by molar-refractivity contribution is 7.91. The van der Waals surface area contributed by atoms with E-state index in [9.17, 15) is 13.2 Å². The van der Waals surface area contributed by atoms with Gasteiger partial charge in [-0.3, -0.25) is 10.1 Å². The Hall–Kier alpha value is -2.13. The van der Waals surface area contributed by atoms with Crippen molar-refractivity contribution in [3.05, 3.63) is 57.5 Å². The van der Waals surface area contributed by atoms with E-state index in [1.165, 1.54) is 30.3 Å². The van der Waals surface area contributed by atoms with Crippen LogP contribution in [0.15, 0.2) is 51.8 Å². The summed E-state index contributed by atoms with van der Waals surface area (Å²) in [5, 5.41) is 11.2. The molecule has 1 aromatic heterocycles. The summed E-state index contributed by atoms with van der Waals surface area (Å²) in [4.78, 5) is 12.2. The molecule has 0 fully saturated rings. The Morgan fingerprint density at radius 1 is 1.00 bits per heavy atom. The molecule has 1 N–H and O–H groups in total. The molecule has 0 spiro atoms. The summed E-state index contributed by atoms with van der Waals surface area (Å²) in [6.07, 6.45) is 0.0903. The highest BCUT2D eigenvalue weighted by Gasteiger charge is 2.17. The van der Waals surface area contributed by atoms with Crippen LogP contribution in [0.25, 0.3) is 11.5 Å². The molecule has 0 aliphatic carbocycles. The minimum atomic E-state index is -3.50.